The largest absolute Gasteiger partial charge is 0.466 e. The van der Waals surface area contributed by atoms with Gasteiger partial charge >= 0.3 is 5.97 Å². The predicted molar refractivity (Wildman–Crippen MR) is 70.1 cm³/mol. The van der Waals surface area contributed by atoms with Gasteiger partial charge < -0.3 is 15.2 Å². The van der Waals surface area contributed by atoms with Gasteiger partial charge in [0.25, 0.3) is 0 Å². The van der Waals surface area contributed by atoms with Crippen LogP contribution >= 0.6 is 0 Å². The Morgan fingerprint density at radius 1 is 1.58 bits per heavy atom. The second-order valence-corrected chi connectivity index (χ2v) is 4.11. The summed E-state index contributed by atoms with van der Waals surface area (Å²) in [4.78, 5) is 11.1. The Balaban J connectivity index is 2.29. The van der Waals surface area contributed by atoms with Crippen LogP contribution in [0.4, 0.5) is 0 Å². The minimum Gasteiger partial charge on any atom is -0.466 e. The van der Waals surface area contributed by atoms with Crippen LogP contribution in [0.2, 0.25) is 0 Å². The number of nitriles is 1. The highest BCUT2D eigenvalue weighted by Gasteiger charge is 2.10. The molecule has 1 unspecified atom stereocenters. The molecule has 0 aliphatic rings. The number of aliphatic hydroxyl groups is 1. The summed E-state index contributed by atoms with van der Waals surface area (Å²) >= 11 is 0. The van der Waals surface area contributed by atoms with Gasteiger partial charge in [-0.25, -0.2) is 0 Å². The zero-order chi connectivity index (χ0) is 14.1. The molecule has 0 fully saturated rings. The van der Waals surface area contributed by atoms with Crippen LogP contribution in [0.1, 0.15) is 24.5 Å². The van der Waals surface area contributed by atoms with Crippen molar-refractivity contribution in [3.8, 4) is 6.07 Å². The Morgan fingerprint density at radius 3 is 3.05 bits per heavy atom. The number of carbonyl (C=O) groups is 1. The summed E-state index contributed by atoms with van der Waals surface area (Å²) < 4.78 is 4.74. The van der Waals surface area contributed by atoms with E-state index in [4.69, 9.17) is 10.00 Å². The zero-order valence-corrected chi connectivity index (χ0v) is 10.9. The third kappa shape index (κ3) is 6.00. The molecular formula is C14H18N2O3. The van der Waals surface area contributed by atoms with Crippen molar-refractivity contribution in [1.82, 2.24) is 5.32 Å². The van der Waals surface area contributed by atoms with E-state index in [0.29, 0.717) is 25.3 Å². The van der Waals surface area contributed by atoms with Crippen molar-refractivity contribution in [2.24, 2.45) is 0 Å². The van der Waals surface area contributed by atoms with E-state index in [2.05, 4.69) is 11.4 Å². The molecule has 0 heterocycles. The third-order valence-corrected chi connectivity index (χ3v) is 2.47. The van der Waals surface area contributed by atoms with Gasteiger partial charge in [0.15, 0.2) is 0 Å². The summed E-state index contributed by atoms with van der Waals surface area (Å²) in [7, 11) is 0. The molecule has 0 amide bonds. The topological polar surface area (TPSA) is 82.3 Å². The van der Waals surface area contributed by atoms with Crippen LogP contribution in [0.3, 0.4) is 0 Å². The summed E-state index contributed by atoms with van der Waals surface area (Å²) in [6, 6.07) is 9.29. The molecule has 2 N–H and O–H groups in total. The number of rotatable bonds is 7. The molecule has 0 aliphatic heterocycles. The van der Waals surface area contributed by atoms with Gasteiger partial charge in [0, 0.05) is 13.1 Å². The van der Waals surface area contributed by atoms with Crippen molar-refractivity contribution in [1.29, 1.82) is 5.26 Å². The SMILES string of the molecule is CCOC(=O)CC(O)CNCc1cccc(C#N)c1. The van der Waals surface area contributed by atoms with E-state index in [9.17, 15) is 9.90 Å². The van der Waals surface area contributed by atoms with Gasteiger partial charge in [0.2, 0.25) is 0 Å². The lowest BCUT2D eigenvalue weighted by Crippen LogP contribution is -2.29. The molecule has 1 atom stereocenters. The Hall–Kier alpha value is -1.90. The van der Waals surface area contributed by atoms with Crippen molar-refractivity contribution >= 4 is 5.97 Å². The van der Waals surface area contributed by atoms with E-state index < -0.39 is 12.1 Å². The first kappa shape index (κ1) is 15.2. The lowest BCUT2D eigenvalue weighted by Gasteiger charge is -2.11. The van der Waals surface area contributed by atoms with Gasteiger partial charge in [0.1, 0.15) is 0 Å². The van der Waals surface area contributed by atoms with Crippen LogP contribution in [0, 0.1) is 11.3 Å². The van der Waals surface area contributed by atoms with Crippen LogP contribution in [0.25, 0.3) is 0 Å². The quantitative estimate of drug-likeness (QED) is 0.715. The number of carbonyl (C=O) groups excluding carboxylic acids is 1. The van der Waals surface area contributed by atoms with Crippen molar-refractivity contribution in [3.63, 3.8) is 0 Å². The standard InChI is InChI=1S/C14H18N2O3/c1-2-19-14(18)7-13(17)10-16-9-12-5-3-4-11(6-12)8-15/h3-6,13,16-17H,2,7,9-10H2,1H3. The van der Waals surface area contributed by atoms with Crippen LogP contribution in [-0.2, 0) is 16.1 Å². The average molecular weight is 262 g/mol. The van der Waals surface area contributed by atoms with E-state index in [1.54, 1.807) is 19.1 Å². The minimum absolute atomic E-state index is 0.0148. The molecular weight excluding hydrogens is 244 g/mol. The van der Waals surface area contributed by atoms with Gasteiger partial charge in [0.05, 0.1) is 30.8 Å². The fourth-order valence-electron chi connectivity index (χ4n) is 1.62. The second-order valence-electron chi connectivity index (χ2n) is 4.11. The van der Waals surface area contributed by atoms with Crippen molar-refractivity contribution in [2.45, 2.75) is 26.0 Å². The van der Waals surface area contributed by atoms with Crippen LogP contribution in [0.5, 0.6) is 0 Å². The van der Waals surface area contributed by atoms with E-state index in [0.717, 1.165) is 5.56 Å². The molecule has 19 heavy (non-hydrogen) atoms. The number of nitrogens with one attached hydrogen (secondary N) is 1. The molecule has 1 aromatic rings. The molecule has 1 aromatic carbocycles. The number of aliphatic hydroxyl groups excluding tert-OH is 1. The third-order valence-electron chi connectivity index (χ3n) is 2.47. The zero-order valence-electron chi connectivity index (χ0n) is 10.9. The van der Waals surface area contributed by atoms with Crippen LogP contribution < -0.4 is 5.32 Å². The molecule has 0 spiro atoms. The number of ether oxygens (including phenoxy) is 1. The van der Waals surface area contributed by atoms with E-state index in [1.807, 2.05) is 12.1 Å². The molecule has 5 nitrogen and oxygen atoms in total. The highest BCUT2D eigenvalue weighted by molar-refractivity contribution is 5.69. The fraction of sp³-hybridized carbons (Fsp3) is 0.429. The van der Waals surface area contributed by atoms with Crippen LogP contribution in [-0.4, -0.2) is 30.3 Å². The van der Waals surface area contributed by atoms with Crippen molar-refractivity contribution in [3.05, 3.63) is 35.4 Å². The highest BCUT2D eigenvalue weighted by Crippen LogP contribution is 2.03. The molecule has 0 aliphatic carbocycles. The summed E-state index contributed by atoms with van der Waals surface area (Å²) in [6.45, 7) is 2.88. The molecule has 0 bridgehead atoms. The summed E-state index contributed by atoms with van der Waals surface area (Å²) in [6.07, 6.45) is -0.780. The molecule has 1 rings (SSSR count). The predicted octanol–water partition coefficient (Wildman–Crippen LogP) is 0.962. The molecule has 5 heteroatoms. The highest BCUT2D eigenvalue weighted by atomic mass is 16.5. The monoisotopic (exact) mass is 262 g/mol. The maximum atomic E-state index is 11.1. The Kier molecular flexibility index (Phi) is 6.58. The first-order valence-electron chi connectivity index (χ1n) is 6.19. The molecule has 0 saturated heterocycles. The van der Waals surface area contributed by atoms with E-state index in [1.165, 1.54) is 0 Å². The van der Waals surface area contributed by atoms with Crippen molar-refractivity contribution < 1.29 is 14.6 Å². The second kappa shape index (κ2) is 8.25. The summed E-state index contributed by atoms with van der Waals surface area (Å²) in [5.74, 6) is -0.400. The summed E-state index contributed by atoms with van der Waals surface area (Å²) in [5, 5.41) is 21.4. The maximum Gasteiger partial charge on any atom is 0.308 e. The van der Waals surface area contributed by atoms with Gasteiger partial charge in [-0.2, -0.15) is 5.26 Å². The Labute approximate surface area is 112 Å². The lowest BCUT2D eigenvalue weighted by atomic mass is 10.1. The Bertz CT molecular complexity index is 454. The first-order valence-corrected chi connectivity index (χ1v) is 6.19. The molecule has 0 aromatic heterocycles. The maximum absolute atomic E-state index is 11.1. The van der Waals surface area contributed by atoms with Gasteiger partial charge in [-0.05, 0) is 24.6 Å². The van der Waals surface area contributed by atoms with E-state index in [-0.39, 0.29) is 6.42 Å². The number of benzene rings is 1. The van der Waals surface area contributed by atoms with Gasteiger partial charge in [-0.3, -0.25) is 4.79 Å². The van der Waals surface area contributed by atoms with Gasteiger partial charge in [-0.15, -0.1) is 0 Å². The average Bonchev–Trinajstić information content (AvgIpc) is 2.39. The van der Waals surface area contributed by atoms with E-state index >= 15 is 0 Å². The number of hydrogen-bond acceptors (Lipinski definition) is 5. The minimum atomic E-state index is -0.766. The molecule has 102 valence electrons. The lowest BCUT2D eigenvalue weighted by molar-refractivity contribution is -0.145. The van der Waals surface area contributed by atoms with Crippen LogP contribution in [0.15, 0.2) is 24.3 Å². The number of esters is 1. The number of nitrogens with zero attached hydrogens (tertiary/aromatic N) is 1. The number of hydrogen-bond donors (Lipinski definition) is 2. The first-order chi connectivity index (χ1) is 9.15. The Morgan fingerprint density at radius 2 is 2.37 bits per heavy atom. The van der Waals surface area contributed by atoms with Crippen molar-refractivity contribution in [2.75, 3.05) is 13.2 Å². The normalized spacial score (nSPS) is 11.6. The summed E-state index contributed by atoms with van der Waals surface area (Å²) in [5.41, 5.74) is 1.56. The smallest absolute Gasteiger partial charge is 0.308 e. The fourth-order valence-corrected chi connectivity index (χ4v) is 1.62. The molecule has 0 saturated carbocycles. The molecule has 0 radical (unpaired) electrons. The van der Waals surface area contributed by atoms with Gasteiger partial charge in [-0.1, -0.05) is 12.1 Å².